The highest BCUT2D eigenvalue weighted by molar-refractivity contribution is 5.45. The molecule has 1 aromatic heterocycles. The molecule has 2 aliphatic heterocycles. The summed E-state index contributed by atoms with van der Waals surface area (Å²) in [5.41, 5.74) is 3.66. The van der Waals surface area contributed by atoms with Gasteiger partial charge in [0.1, 0.15) is 5.75 Å². The molecule has 4 nitrogen and oxygen atoms in total. The fourth-order valence-electron chi connectivity index (χ4n) is 3.68. The Hall–Kier alpha value is -2.10. The van der Waals surface area contributed by atoms with Gasteiger partial charge in [-0.15, -0.1) is 0 Å². The molecule has 2 aliphatic rings. The summed E-state index contributed by atoms with van der Waals surface area (Å²) in [6.45, 7) is 3.09. The Morgan fingerprint density at radius 2 is 2.04 bits per heavy atom. The first kappa shape index (κ1) is 14.5. The van der Waals surface area contributed by atoms with Crippen molar-refractivity contribution in [2.45, 2.75) is 32.1 Å². The number of aromatic nitrogens is 2. The normalized spacial score (nSPS) is 20.7. The first-order chi connectivity index (χ1) is 11.4. The Morgan fingerprint density at radius 1 is 1.17 bits per heavy atom. The van der Waals surface area contributed by atoms with Crippen molar-refractivity contribution >= 4 is 5.69 Å². The van der Waals surface area contributed by atoms with Crippen molar-refractivity contribution in [1.29, 1.82) is 0 Å². The zero-order valence-corrected chi connectivity index (χ0v) is 13.4. The van der Waals surface area contributed by atoms with E-state index in [9.17, 15) is 0 Å². The van der Waals surface area contributed by atoms with E-state index in [4.69, 9.17) is 4.74 Å². The Bertz CT molecular complexity index is 667. The second kappa shape index (κ2) is 6.57. The van der Waals surface area contributed by atoms with Crippen LogP contribution in [-0.2, 0) is 12.8 Å². The number of ether oxygens (including phenoxy) is 1. The van der Waals surface area contributed by atoms with Crippen LogP contribution in [0.15, 0.2) is 36.5 Å². The van der Waals surface area contributed by atoms with Crippen LogP contribution in [-0.4, -0.2) is 29.9 Å². The smallest absolute Gasteiger partial charge is 0.122 e. The van der Waals surface area contributed by atoms with E-state index >= 15 is 0 Å². The quantitative estimate of drug-likeness (QED) is 0.872. The summed E-state index contributed by atoms with van der Waals surface area (Å²) in [6.07, 6.45) is 7.59. The zero-order valence-electron chi connectivity index (χ0n) is 13.4. The summed E-state index contributed by atoms with van der Waals surface area (Å²) < 4.78 is 5.88. The van der Waals surface area contributed by atoms with Crippen LogP contribution >= 0.6 is 0 Å². The molecule has 1 aromatic carbocycles. The summed E-state index contributed by atoms with van der Waals surface area (Å²) in [7, 11) is 0. The molecule has 0 amide bonds. The number of benzene rings is 1. The van der Waals surface area contributed by atoms with Gasteiger partial charge in [-0.2, -0.15) is 10.2 Å². The average molecular weight is 309 g/mol. The first-order valence-electron chi connectivity index (χ1n) is 8.66. The molecule has 4 rings (SSSR count). The van der Waals surface area contributed by atoms with Crippen molar-refractivity contribution < 1.29 is 4.74 Å². The zero-order chi connectivity index (χ0) is 15.5. The predicted octanol–water partition coefficient (Wildman–Crippen LogP) is 3.26. The maximum absolute atomic E-state index is 5.88. The molecule has 1 saturated heterocycles. The molecule has 0 aliphatic carbocycles. The van der Waals surface area contributed by atoms with Crippen molar-refractivity contribution in [1.82, 2.24) is 10.2 Å². The van der Waals surface area contributed by atoms with Gasteiger partial charge in [-0.1, -0.05) is 18.2 Å². The Balaban J connectivity index is 1.48. The highest BCUT2D eigenvalue weighted by Crippen LogP contribution is 2.28. The van der Waals surface area contributed by atoms with Crippen LogP contribution in [0.25, 0.3) is 0 Å². The van der Waals surface area contributed by atoms with Crippen LogP contribution in [0.3, 0.4) is 0 Å². The maximum Gasteiger partial charge on any atom is 0.122 e. The fourth-order valence-corrected chi connectivity index (χ4v) is 3.68. The van der Waals surface area contributed by atoms with E-state index in [2.05, 4.69) is 39.4 Å². The van der Waals surface area contributed by atoms with Crippen molar-refractivity contribution in [3.63, 3.8) is 0 Å². The topological polar surface area (TPSA) is 38.2 Å². The number of hydrogen-bond donors (Lipinski definition) is 0. The molecule has 1 fully saturated rings. The Kier molecular flexibility index (Phi) is 4.14. The third-order valence-corrected chi connectivity index (χ3v) is 4.92. The number of anilines is 1. The van der Waals surface area contributed by atoms with E-state index in [1.54, 1.807) is 0 Å². The summed E-state index contributed by atoms with van der Waals surface area (Å²) in [4.78, 5) is 2.42. The summed E-state index contributed by atoms with van der Waals surface area (Å²) in [5, 5.41) is 8.61. The van der Waals surface area contributed by atoms with Crippen LogP contribution in [0.1, 0.15) is 30.5 Å². The van der Waals surface area contributed by atoms with Gasteiger partial charge in [0.05, 0.1) is 24.2 Å². The van der Waals surface area contributed by atoms with E-state index in [1.807, 2.05) is 12.3 Å². The van der Waals surface area contributed by atoms with Crippen LogP contribution < -0.4 is 9.64 Å². The number of nitrogens with zero attached hydrogens (tertiary/aromatic N) is 3. The SMILES string of the molecule is c1ccc2c(c1)C[C@@H](Cc1cc(N3CCCC3)cnn1)CCO2. The second-order valence-corrected chi connectivity index (χ2v) is 6.62. The molecular formula is C19H23N3O. The molecule has 0 unspecified atom stereocenters. The van der Waals surface area contributed by atoms with E-state index < -0.39 is 0 Å². The van der Waals surface area contributed by atoms with E-state index in [0.717, 1.165) is 50.4 Å². The second-order valence-electron chi connectivity index (χ2n) is 6.62. The van der Waals surface area contributed by atoms with Gasteiger partial charge in [0, 0.05) is 13.1 Å². The van der Waals surface area contributed by atoms with Gasteiger partial charge in [-0.05, 0) is 55.7 Å². The summed E-state index contributed by atoms with van der Waals surface area (Å²) in [5.74, 6) is 1.62. The lowest BCUT2D eigenvalue weighted by molar-refractivity contribution is 0.293. The van der Waals surface area contributed by atoms with E-state index in [0.29, 0.717) is 5.92 Å². The number of fused-ring (bicyclic) bond motifs is 1. The largest absolute Gasteiger partial charge is 0.493 e. The van der Waals surface area contributed by atoms with Gasteiger partial charge in [0.25, 0.3) is 0 Å². The van der Waals surface area contributed by atoms with Gasteiger partial charge < -0.3 is 9.64 Å². The van der Waals surface area contributed by atoms with Gasteiger partial charge in [0.15, 0.2) is 0 Å². The van der Waals surface area contributed by atoms with Crippen LogP contribution in [0.4, 0.5) is 5.69 Å². The van der Waals surface area contributed by atoms with E-state index in [-0.39, 0.29) is 0 Å². The summed E-state index contributed by atoms with van der Waals surface area (Å²) in [6, 6.07) is 10.6. The number of para-hydroxylation sites is 1. The molecule has 1 atom stereocenters. The third-order valence-electron chi connectivity index (χ3n) is 4.92. The molecule has 0 bridgehead atoms. The lowest BCUT2D eigenvalue weighted by Gasteiger charge is -2.18. The Morgan fingerprint density at radius 3 is 2.96 bits per heavy atom. The van der Waals surface area contributed by atoms with Crippen molar-refractivity contribution in [2.24, 2.45) is 5.92 Å². The highest BCUT2D eigenvalue weighted by atomic mass is 16.5. The van der Waals surface area contributed by atoms with Gasteiger partial charge in [-0.3, -0.25) is 0 Å². The third kappa shape index (κ3) is 3.31. The van der Waals surface area contributed by atoms with Crippen LogP contribution in [0.2, 0.25) is 0 Å². The molecule has 0 saturated carbocycles. The molecule has 23 heavy (non-hydrogen) atoms. The van der Waals surface area contributed by atoms with Gasteiger partial charge >= 0.3 is 0 Å². The fraction of sp³-hybridized carbons (Fsp3) is 0.474. The van der Waals surface area contributed by atoms with Crippen molar-refractivity contribution in [2.75, 3.05) is 24.6 Å². The first-order valence-corrected chi connectivity index (χ1v) is 8.66. The maximum atomic E-state index is 5.88. The lowest BCUT2D eigenvalue weighted by Crippen LogP contribution is -2.19. The Labute approximate surface area is 137 Å². The molecule has 120 valence electrons. The van der Waals surface area contributed by atoms with Crippen molar-refractivity contribution in [3.05, 3.63) is 47.8 Å². The van der Waals surface area contributed by atoms with E-state index in [1.165, 1.54) is 24.1 Å². The molecule has 2 aromatic rings. The number of hydrogen-bond acceptors (Lipinski definition) is 4. The highest BCUT2D eigenvalue weighted by Gasteiger charge is 2.19. The standard InChI is InChI=1S/C19H23N3O/c1-2-6-19-16(5-1)11-15(7-10-23-19)12-17-13-18(14-20-21-17)22-8-3-4-9-22/h1-2,5-6,13-15H,3-4,7-12H2/t15-/m0/s1. The monoisotopic (exact) mass is 309 g/mol. The average Bonchev–Trinajstić information content (AvgIpc) is 3.04. The van der Waals surface area contributed by atoms with Crippen molar-refractivity contribution in [3.8, 4) is 5.75 Å². The molecular weight excluding hydrogens is 286 g/mol. The molecule has 0 radical (unpaired) electrons. The molecule has 0 N–H and O–H groups in total. The minimum atomic E-state index is 0.571. The van der Waals surface area contributed by atoms with Gasteiger partial charge in [-0.25, -0.2) is 0 Å². The molecule has 4 heteroatoms. The van der Waals surface area contributed by atoms with Gasteiger partial charge in [0.2, 0.25) is 0 Å². The molecule has 0 spiro atoms. The lowest BCUT2D eigenvalue weighted by atomic mass is 9.92. The molecule has 3 heterocycles. The predicted molar refractivity (Wildman–Crippen MR) is 90.9 cm³/mol. The minimum Gasteiger partial charge on any atom is -0.493 e. The minimum absolute atomic E-state index is 0.571. The summed E-state index contributed by atoms with van der Waals surface area (Å²) >= 11 is 0. The van der Waals surface area contributed by atoms with Crippen LogP contribution in [0, 0.1) is 5.92 Å². The number of rotatable bonds is 3. The van der Waals surface area contributed by atoms with Crippen LogP contribution in [0.5, 0.6) is 5.75 Å².